The molecule has 0 aliphatic heterocycles. The monoisotopic (exact) mass is 292 g/mol. The van der Waals surface area contributed by atoms with Gasteiger partial charge in [-0.05, 0) is 45.2 Å². The third kappa shape index (κ3) is 7.71. The molecule has 0 saturated carbocycles. The largest absolute Gasteiger partial charge is 0.444 e. The smallest absolute Gasteiger partial charge is 0.407 e. The van der Waals surface area contributed by atoms with Gasteiger partial charge in [0.05, 0.1) is 0 Å². The van der Waals surface area contributed by atoms with Gasteiger partial charge in [0, 0.05) is 19.1 Å². The molecule has 0 heterocycles. The molecule has 1 unspecified atom stereocenters. The summed E-state index contributed by atoms with van der Waals surface area (Å²) in [5.41, 5.74) is 2.14. The summed E-state index contributed by atoms with van der Waals surface area (Å²) in [6.45, 7) is 11.1. The predicted molar refractivity (Wildman–Crippen MR) is 86.4 cm³/mol. The molecular formula is C17H28N2O2. The summed E-state index contributed by atoms with van der Waals surface area (Å²) in [6, 6.07) is 8.77. The number of hydrogen-bond donors (Lipinski definition) is 2. The van der Waals surface area contributed by atoms with E-state index in [0.29, 0.717) is 6.54 Å². The highest BCUT2D eigenvalue weighted by atomic mass is 16.6. The van der Waals surface area contributed by atoms with E-state index in [4.69, 9.17) is 4.74 Å². The van der Waals surface area contributed by atoms with Crippen molar-refractivity contribution < 1.29 is 9.53 Å². The summed E-state index contributed by atoms with van der Waals surface area (Å²) in [7, 11) is 0. The molecule has 0 spiro atoms. The summed E-state index contributed by atoms with van der Waals surface area (Å²) in [5.74, 6) is 0. The molecule has 0 radical (unpaired) electrons. The van der Waals surface area contributed by atoms with E-state index in [-0.39, 0.29) is 12.1 Å². The maximum absolute atomic E-state index is 11.5. The van der Waals surface area contributed by atoms with E-state index in [0.717, 1.165) is 13.0 Å². The number of alkyl carbamates (subject to hydrolysis) is 1. The highest BCUT2D eigenvalue weighted by Gasteiger charge is 2.16. The van der Waals surface area contributed by atoms with Gasteiger partial charge in [-0.3, -0.25) is 0 Å². The number of carbonyl (C=O) groups is 1. The first-order valence-electron chi connectivity index (χ1n) is 7.58. The molecule has 0 fully saturated rings. The third-order valence-corrected chi connectivity index (χ3v) is 3.04. The van der Waals surface area contributed by atoms with Crippen molar-refractivity contribution in [2.75, 3.05) is 6.54 Å². The molecule has 2 N–H and O–H groups in total. The average Bonchev–Trinajstić information content (AvgIpc) is 2.41. The molecule has 1 aromatic carbocycles. The van der Waals surface area contributed by atoms with E-state index in [9.17, 15) is 4.79 Å². The van der Waals surface area contributed by atoms with E-state index >= 15 is 0 Å². The Kier molecular flexibility index (Phi) is 6.69. The van der Waals surface area contributed by atoms with Crippen LogP contribution < -0.4 is 10.6 Å². The summed E-state index contributed by atoms with van der Waals surface area (Å²) in [6.07, 6.45) is 0.688. The molecule has 21 heavy (non-hydrogen) atoms. The number of amides is 1. The van der Waals surface area contributed by atoms with E-state index in [2.05, 4.69) is 41.8 Å². The number of carbonyl (C=O) groups excluding carboxylic acids is 1. The average molecular weight is 292 g/mol. The fourth-order valence-electron chi connectivity index (χ4n) is 1.81. The second-order valence-corrected chi connectivity index (χ2v) is 6.33. The van der Waals surface area contributed by atoms with Crippen LogP contribution in [0.3, 0.4) is 0 Å². The van der Waals surface area contributed by atoms with Crippen molar-refractivity contribution in [2.45, 2.75) is 59.2 Å². The second-order valence-electron chi connectivity index (χ2n) is 6.33. The minimum Gasteiger partial charge on any atom is -0.444 e. The zero-order chi connectivity index (χ0) is 15.9. The number of ether oxygens (including phenoxy) is 1. The number of benzene rings is 1. The Morgan fingerprint density at radius 3 is 2.29 bits per heavy atom. The van der Waals surface area contributed by atoms with Gasteiger partial charge in [-0.15, -0.1) is 0 Å². The summed E-state index contributed by atoms with van der Waals surface area (Å²) >= 11 is 0. The zero-order valence-corrected chi connectivity index (χ0v) is 13.8. The lowest BCUT2D eigenvalue weighted by Crippen LogP contribution is -2.40. The molecule has 1 rings (SSSR count). The summed E-state index contributed by atoms with van der Waals surface area (Å²) in [4.78, 5) is 11.5. The molecule has 4 nitrogen and oxygen atoms in total. The Balaban J connectivity index is 2.27. The first-order valence-corrected chi connectivity index (χ1v) is 7.58. The fraction of sp³-hybridized carbons (Fsp3) is 0.588. The van der Waals surface area contributed by atoms with Crippen LogP contribution in [-0.4, -0.2) is 24.3 Å². The zero-order valence-electron chi connectivity index (χ0n) is 13.8. The van der Waals surface area contributed by atoms with Gasteiger partial charge < -0.3 is 15.4 Å². The number of hydrogen-bond acceptors (Lipinski definition) is 3. The fourth-order valence-corrected chi connectivity index (χ4v) is 1.81. The molecule has 0 bridgehead atoms. The summed E-state index contributed by atoms with van der Waals surface area (Å²) in [5, 5.41) is 6.15. The normalized spacial score (nSPS) is 12.8. The third-order valence-electron chi connectivity index (χ3n) is 3.04. The van der Waals surface area contributed by atoms with Crippen LogP contribution in [0.1, 0.15) is 45.7 Å². The van der Waals surface area contributed by atoms with Crippen molar-refractivity contribution in [3.05, 3.63) is 35.4 Å². The highest BCUT2D eigenvalue weighted by molar-refractivity contribution is 5.67. The van der Waals surface area contributed by atoms with Gasteiger partial charge in [-0.2, -0.15) is 0 Å². The standard InChI is InChI=1S/C17H28N2O2/c1-6-14-7-9-15(10-8-14)12-18-13(2)11-19-16(20)21-17(3,4)5/h7-10,13,18H,6,11-12H2,1-5H3,(H,19,20). The van der Waals surface area contributed by atoms with Gasteiger partial charge >= 0.3 is 6.09 Å². The van der Waals surface area contributed by atoms with Crippen LogP contribution in [0.2, 0.25) is 0 Å². The van der Waals surface area contributed by atoms with Gasteiger partial charge in [-0.1, -0.05) is 31.2 Å². The minimum atomic E-state index is -0.457. The number of aryl methyl sites for hydroxylation is 1. The molecule has 1 atom stereocenters. The number of nitrogens with one attached hydrogen (secondary N) is 2. The Hall–Kier alpha value is -1.55. The van der Waals surface area contributed by atoms with Gasteiger partial charge in [0.2, 0.25) is 0 Å². The van der Waals surface area contributed by atoms with Crippen LogP contribution in [0.5, 0.6) is 0 Å². The Morgan fingerprint density at radius 1 is 1.19 bits per heavy atom. The maximum Gasteiger partial charge on any atom is 0.407 e. The Labute approximate surface area is 128 Å². The Morgan fingerprint density at radius 2 is 1.76 bits per heavy atom. The lowest BCUT2D eigenvalue weighted by Gasteiger charge is -2.21. The van der Waals surface area contributed by atoms with Crippen LogP contribution in [0.15, 0.2) is 24.3 Å². The lowest BCUT2D eigenvalue weighted by molar-refractivity contribution is 0.0523. The molecule has 1 amide bonds. The van der Waals surface area contributed by atoms with Crippen molar-refractivity contribution in [1.82, 2.24) is 10.6 Å². The van der Waals surface area contributed by atoms with Crippen molar-refractivity contribution in [3.8, 4) is 0 Å². The van der Waals surface area contributed by atoms with Crippen LogP contribution in [0, 0.1) is 0 Å². The molecule has 118 valence electrons. The topological polar surface area (TPSA) is 50.4 Å². The predicted octanol–water partition coefficient (Wildman–Crippen LogP) is 3.25. The van der Waals surface area contributed by atoms with E-state index in [1.807, 2.05) is 27.7 Å². The van der Waals surface area contributed by atoms with Gasteiger partial charge in [0.25, 0.3) is 0 Å². The molecule has 1 aromatic rings. The van der Waals surface area contributed by atoms with E-state index < -0.39 is 5.60 Å². The molecule has 0 saturated heterocycles. The quantitative estimate of drug-likeness (QED) is 0.846. The molecule has 0 aliphatic carbocycles. The number of rotatable bonds is 6. The van der Waals surface area contributed by atoms with Crippen molar-refractivity contribution in [3.63, 3.8) is 0 Å². The van der Waals surface area contributed by atoms with Crippen molar-refractivity contribution >= 4 is 6.09 Å². The van der Waals surface area contributed by atoms with E-state index in [1.54, 1.807) is 0 Å². The Bertz CT molecular complexity index is 435. The van der Waals surface area contributed by atoms with Crippen LogP contribution in [0.25, 0.3) is 0 Å². The van der Waals surface area contributed by atoms with E-state index in [1.165, 1.54) is 11.1 Å². The molecule has 4 heteroatoms. The van der Waals surface area contributed by atoms with Crippen LogP contribution in [-0.2, 0) is 17.7 Å². The van der Waals surface area contributed by atoms with Crippen LogP contribution >= 0.6 is 0 Å². The molecule has 0 aromatic heterocycles. The summed E-state index contributed by atoms with van der Waals surface area (Å²) < 4.78 is 5.20. The first-order chi connectivity index (χ1) is 9.80. The molecule has 0 aliphatic rings. The maximum atomic E-state index is 11.5. The van der Waals surface area contributed by atoms with Crippen molar-refractivity contribution in [1.29, 1.82) is 0 Å². The lowest BCUT2D eigenvalue weighted by atomic mass is 10.1. The van der Waals surface area contributed by atoms with Gasteiger partial charge in [0.1, 0.15) is 5.60 Å². The SMILES string of the molecule is CCc1ccc(CNC(C)CNC(=O)OC(C)(C)C)cc1. The van der Waals surface area contributed by atoms with Gasteiger partial charge in [0.15, 0.2) is 0 Å². The second kappa shape index (κ2) is 8.03. The van der Waals surface area contributed by atoms with Crippen molar-refractivity contribution in [2.24, 2.45) is 0 Å². The van der Waals surface area contributed by atoms with Gasteiger partial charge in [-0.25, -0.2) is 4.79 Å². The first kappa shape index (κ1) is 17.5. The minimum absolute atomic E-state index is 0.184. The molecular weight excluding hydrogens is 264 g/mol. The van der Waals surface area contributed by atoms with Crippen LogP contribution in [0.4, 0.5) is 4.79 Å². The highest BCUT2D eigenvalue weighted by Crippen LogP contribution is 2.07.